The zero-order chi connectivity index (χ0) is 21.3. The molecule has 0 aliphatic carbocycles. The summed E-state index contributed by atoms with van der Waals surface area (Å²) in [7, 11) is 1.76. The topological polar surface area (TPSA) is 54.3 Å². The maximum absolute atomic E-state index is 13.4. The highest BCUT2D eigenvalue weighted by molar-refractivity contribution is 7.99. The predicted molar refractivity (Wildman–Crippen MR) is 113 cm³/mol. The second-order valence-electron chi connectivity index (χ2n) is 6.96. The van der Waals surface area contributed by atoms with Crippen molar-refractivity contribution in [1.29, 1.82) is 0 Å². The summed E-state index contributed by atoms with van der Waals surface area (Å²) in [6, 6.07) is 14.5. The van der Waals surface area contributed by atoms with E-state index >= 15 is 0 Å². The van der Waals surface area contributed by atoms with E-state index < -0.39 is 11.9 Å². The number of rotatable bonds is 4. The molecule has 5 nitrogen and oxygen atoms in total. The van der Waals surface area contributed by atoms with Crippen molar-refractivity contribution in [3.8, 4) is 11.3 Å². The highest BCUT2D eigenvalue weighted by Crippen LogP contribution is 2.27. The maximum Gasteiger partial charge on any atom is 0.271 e. The lowest BCUT2D eigenvalue weighted by Crippen LogP contribution is -2.45. The number of carbonyl (C=O) groups is 2. The molecule has 1 unspecified atom stereocenters. The van der Waals surface area contributed by atoms with E-state index in [9.17, 15) is 18.4 Å². The Morgan fingerprint density at radius 2 is 1.80 bits per heavy atom. The van der Waals surface area contributed by atoms with Gasteiger partial charge in [-0.1, -0.05) is 6.07 Å². The number of nitrogens with zero attached hydrogens (tertiary/aromatic N) is 2. The van der Waals surface area contributed by atoms with Crippen molar-refractivity contribution in [3.05, 3.63) is 78.0 Å². The van der Waals surface area contributed by atoms with Gasteiger partial charge in [0.2, 0.25) is 5.91 Å². The molecule has 0 radical (unpaired) electrons. The smallest absolute Gasteiger partial charge is 0.271 e. The molecule has 2 heterocycles. The molecule has 2 amide bonds. The summed E-state index contributed by atoms with van der Waals surface area (Å²) in [5, 5.41) is 2.68. The van der Waals surface area contributed by atoms with Crippen LogP contribution >= 0.6 is 11.8 Å². The van der Waals surface area contributed by atoms with Crippen molar-refractivity contribution < 1.29 is 18.4 Å². The highest BCUT2D eigenvalue weighted by atomic mass is 32.2. The number of hydrogen-bond donors (Lipinski definition) is 1. The molecule has 1 aliphatic heterocycles. The van der Waals surface area contributed by atoms with Gasteiger partial charge in [-0.15, -0.1) is 11.8 Å². The minimum Gasteiger partial charge on any atom is -0.340 e. The molecule has 1 fully saturated rings. The summed E-state index contributed by atoms with van der Waals surface area (Å²) in [5.41, 5.74) is 2.34. The molecule has 30 heavy (non-hydrogen) atoms. The second kappa shape index (κ2) is 8.31. The summed E-state index contributed by atoms with van der Waals surface area (Å²) in [6.07, 6.45) is 0. The third kappa shape index (κ3) is 3.95. The first kappa shape index (κ1) is 20.2. The zero-order valence-electron chi connectivity index (χ0n) is 16.1. The van der Waals surface area contributed by atoms with E-state index in [1.54, 1.807) is 41.9 Å². The van der Waals surface area contributed by atoms with Gasteiger partial charge in [-0.25, -0.2) is 8.78 Å². The molecular formula is C22H19F2N3O2S. The monoisotopic (exact) mass is 427 g/mol. The lowest BCUT2D eigenvalue weighted by Gasteiger charge is -2.23. The standard InChI is InChI=1S/C22H19F2N3O2S/c1-26-18(14-5-7-15(23)8-6-14)9-10-19(26)22(29)27-13-30-12-20(27)21(28)25-17-4-2-3-16(24)11-17/h2-11,20H,12-13H2,1H3,(H,25,28). The van der Waals surface area contributed by atoms with Crippen LogP contribution in [0.3, 0.4) is 0 Å². The van der Waals surface area contributed by atoms with Crippen LogP contribution in [-0.2, 0) is 11.8 Å². The highest BCUT2D eigenvalue weighted by Gasteiger charge is 2.36. The quantitative estimate of drug-likeness (QED) is 0.681. The Balaban J connectivity index is 1.54. The van der Waals surface area contributed by atoms with Gasteiger partial charge in [-0.05, 0) is 60.2 Å². The molecule has 1 saturated heterocycles. The number of aromatic nitrogens is 1. The van der Waals surface area contributed by atoms with Crippen molar-refractivity contribution in [3.63, 3.8) is 0 Å². The Kier molecular flexibility index (Phi) is 5.59. The average molecular weight is 427 g/mol. The summed E-state index contributed by atoms with van der Waals surface area (Å²) in [6.45, 7) is 0. The maximum atomic E-state index is 13.4. The third-order valence-electron chi connectivity index (χ3n) is 5.02. The number of hydrogen-bond acceptors (Lipinski definition) is 3. The fourth-order valence-electron chi connectivity index (χ4n) is 3.44. The fourth-order valence-corrected chi connectivity index (χ4v) is 4.59. The van der Waals surface area contributed by atoms with Crippen molar-refractivity contribution in [2.24, 2.45) is 7.05 Å². The normalized spacial score (nSPS) is 16.0. The first-order valence-electron chi connectivity index (χ1n) is 9.31. The average Bonchev–Trinajstić information content (AvgIpc) is 3.35. The number of benzene rings is 2. The van der Waals surface area contributed by atoms with E-state index in [1.807, 2.05) is 0 Å². The lowest BCUT2D eigenvalue weighted by atomic mass is 10.1. The van der Waals surface area contributed by atoms with Crippen LogP contribution in [0, 0.1) is 11.6 Å². The summed E-state index contributed by atoms with van der Waals surface area (Å²) in [5.74, 6) is -0.550. The molecule has 1 N–H and O–H groups in total. The SMILES string of the molecule is Cn1c(C(=O)N2CSCC2C(=O)Nc2cccc(F)c2)ccc1-c1ccc(F)cc1. The van der Waals surface area contributed by atoms with E-state index in [4.69, 9.17) is 0 Å². The fraction of sp³-hybridized carbons (Fsp3) is 0.182. The Bertz CT molecular complexity index is 1100. The Labute approximate surface area is 176 Å². The van der Waals surface area contributed by atoms with Crippen molar-refractivity contribution in [2.45, 2.75) is 6.04 Å². The minimum atomic E-state index is -0.657. The van der Waals surface area contributed by atoms with Gasteiger partial charge in [0.1, 0.15) is 23.4 Å². The molecule has 1 aliphatic rings. The van der Waals surface area contributed by atoms with E-state index in [-0.39, 0.29) is 17.6 Å². The molecule has 0 spiro atoms. The van der Waals surface area contributed by atoms with Gasteiger partial charge in [0.15, 0.2) is 0 Å². The van der Waals surface area contributed by atoms with E-state index in [2.05, 4.69) is 5.32 Å². The van der Waals surface area contributed by atoms with E-state index in [0.717, 1.165) is 11.3 Å². The van der Waals surface area contributed by atoms with Crippen molar-refractivity contribution in [1.82, 2.24) is 9.47 Å². The summed E-state index contributed by atoms with van der Waals surface area (Å²) < 4.78 is 28.3. The molecular weight excluding hydrogens is 408 g/mol. The van der Waals surface area contributed by atoms with Crippen LogP contribution in [0.2, 0.25) is 0 Å². The first-order chi connectivity index (χ1) is 14.4. The number of thioether (sulfide) groups is 1. The number of nitrogens with one attached hydrogen (secondary N) is 1. The van der Waals surface area contributed by atoms with Crippen molar-refractivity contribution in [2.75, 3.05) is 16.9 Å². The molecule has 0 saturated carbocycles. The predicted octanol–water partition coefficient (Wildman–Crippen LogP) is 4.12. The second-order valence-corrected chi connectivity index (χ2v) is 7.96. The van der Waals surface area contributed by atoms with E-state index in [1.165, 1.54) is 47.0 Å². The van der Waals surface area contributed by atoms with Gasteiger partial charge >= 0.3 is 0 Å². The molecule has 8 heteroatoms. The number of anilines is 1. The van der Waals surface area contributed by atoms with Gasteiger partial charge in [0.25, 0.3) is 5.91 Å². The lowest BCUT2D eigenvalue weighted by molar-refractivity contribution is -0.119. The van der Waals surface area contributed by atoms with Crippen LogP contribution in [0.25, 0.3) is 11.3 Å². The van der Waals surface area contributed by atoms with Gasteiger partial charge in [0, 0.05) is 24.2 Å². The largest absolute Gasteiger partial charge is 0.340 e. The van der Waals surface area contributed by atoms with Gasteiger partial charge < -0.3 is 14.8 Å². The molecule has 0 bridgehead atoms. The van der Waals surface area contributed by atoms with Crippen LogP contribution in [0.1, 0.15) is 10.5 Å². The molecule has 154 valence electrons. The Hall–Kier alpha value is -3.13. The summed E-state index contributed by atoms with van der Waals surface area (Å²) >= 11 is 1.49. The Morgan fingerprint density at radius 3 is 2.53 bits per heavy atom. The van der Waals surface area contributed by atoms with Gasteiger partial charge in [0.05, 0.1) is 5.88 Å². The Morgan fingerprint density at radius 1 is 1.03 bits per heavy atom. The van der Waals surface area contributed by atoms with Crippen LogP contribution in [0.4, 0.5) is 14.5 Å². The molecule has 3 aromatic rings. The van der Waals surface area contributed by atoms with Crippen LogP contribution < -0.4 is 5.32 Å². The minimum absolute atomic E-state index is 0.268. The molecule has 1 atom stereocenters. The molecule has 1 aromatic heterocycles. The summed E-state index contributed by atoms with van der Waals surface area (Å²) in [4.78, 5) is 27.4. The molecule has 2 aromatic carbocycles. The molecule has 4 rings (SSSR count). The first-order valence-corrected chi connectivity index (χ1v) is 10.5. The van der Waals surface area contributed by atoms with E-state index in [0.29, 0.717) is 23.0 Å². The van der Waals surface area contributed by atoms with Gasteiger partial charge in [-0.2, -0.15) is 0 Å². The zero-order valence-corrected chi connectivity index (χ0v) is 17.0. The van der Waals surface area contributed by atoms with Crippen LogP contribution in [-0.4, -0.2) is 39.0 Å². The van der Waals surface area contributed by atoms with Crippen molar-refractivity contribution >= 4 is 29.3 Å². The van der Waals surface area contributed by atoms with Crippen LogP contribution in [0.15, 0.2) is 60.7 Å². The number of carbonyl (C=O) groups excluding carboxylic acids is 2. The number of halogens is 2. The van der Waals surface area contributed by atoms with Crippen LogP contribution in [0.5, 0.6) is 0 Å². The third-order valence-corrected chi connectivity index (χ3v) is 6.03. The number of amides is 2. The van der Waals surface area contributed by atoms with Gasteiger partial charge in [-0.3, -0.25) is 9.59 Å².